The number of furan rings is 1. The fourth-order valence-corrected chi connectivity index (χ4v) is 11.2. The molecule has 2 aromatic heterocycles. The summed E-state index contributed by atoms with van der Waals surface area (Å²) in [6, 6.07) is 97.8. The average molecular weight is 928 g/mol. The molecule has 5 heteroatoms. The van der Waals surface area contributed by atoms with Crippen LogP contribution >= 0.6 is 11.3 Å². The fraction of sp³-hybridized carbons (Fsp3) is 0. The Morgan fingerprint density at radius 3 is 1.10 bits per heavy atom. The van der Waals surface area contributed by atoms with Crippen molar-refractivity contribution in [1.29, 1.82) is 0 Å². The first-order chi connectivity index (χ1) is 35.2. The molecule has 0 bridgehead atoms. The number of anilines is 9. The van der Waals surface area contributed by atoms with Gasteiger partial charge in [-0.15, -0.1) is 11.3 Å². The first kappa shape index (κ1) is 42.0. The van der Waals surface area contributed by atoms with Gasteiger partial charge in [0.05, 0.1) is 0 Å². The minimum atomic E-state index is 0.870. The van der Waals surface area contributed by atoms with Crippen molar-refractivity contribution in [2.24, 2.45) is 0 Å². The van der Waals surface area contributed by atoms with Crippen LogP contribution in [0, 0.1) is 0 Å². The molecule has 0 N–H and O–H groups in total. The summed E-state index contributed by atoms with van der Waals surface area (Å²) >= 11 is 1.84. The van der Waals surface area contributed by atoms with E-state index < -0.39 is 0 Å². The SMILES string of the molecule is c1ccc(-c2cc(-c3ccccc3)cc(N(c3ccccc3)c3ccc4c(c3)sc3cc(N(c5ccc(N(c6ccccc6)c6ccccc6)cc5)c5ccc6oc7ccccc7c6c5)ccc34)c2)cc1. The van der Waals surface area contributed by atoms with Crippen molar-refractivity contribution in [3.63, 3.8) is 0 Å². The van der Waals surface area contributed by atoms with Gasteiger partial charge in [0.2, 0.25) is 0 Å². The predicted octanol–water partition coefficient (Wildman–Crippen LogP) is 19.7. The Hall–Kier alpha value is -9.16. The molecule has 0 saturated carbocycles. The summed E-state index contributed by atoms with van der Waals surface area (Å²) in [6.07, 6.45) is 0. The van der Waals surface area contributed by atoms with Crippen LogP contribution in [0.1, 0.15) is 0 Å². The van der Waals surface area contributed by atoms with E-state index in [1.807, 2.05) is 23.5 Å². The first-order valence-corrected chi connectivity index (χ1v) is 24.8. The molecule has 0 unspecified atom stereocenters. The standard InChI is InChI=1S/C66H45N3OS/c1-6-18-46(19-7-1)48-40-49(47-20-8-2-9-21-47)42-58(41-48)69(52-26-14-5-15-27-52)57-35-38-61-60-37-34-56(44-65(60)71-66(61)45-57)68(55-36-39-64-62(43-55)59-28-16-17-29-63(59)70-64)54-32-30-53(31-33-54)67(50-22-10-3-11-23-50)51-24-12-4-13-25-51/h1-45H. The molecule has 336 valence electrons. The smallest absolute Gasteiger partial charge is 0.135 e. The van der Waals surface area contributed by atoms with Gasteiger partial charge in [0, 0.05) is 82.1 Å². The molecule has 71 heavy (non-hydrogen) atoms. The van der Waals surface area contributed by atoms with Crippen LogP contribution in [-0.2, 0) is 0 Å². The van der Waals surface area contributed by atoms with E-state index >= 15 is 0 Å². The van der Waals surface area contributed by atoms with Gasteiger partial charge in [0.1, 0.15) is 11.2 Å². The second-order valence-electron chi connectivity index (χ2n) is 17.8. The van der Waals surface area contributed by atoms with E-state index in [1.165, 1.54) is 42.4 Å². The maximum atomic E-state index is 6.33. The van der Waals surface area contributed by atoms with Crippen LogP contribution in [0.15, 0.2) is 277 Å². The molecule has 13 aromatic rings. The van der Waals surface area contributed by atoms with Crippen molar-refractivity contribution in [2.75, 3.05) is 14.7 Å². The van der Waals surface area contributed by atoms with Gasteiger partial charge in [-0.05, 0) is 150 Å². The number of fused-ring (bicyclic) bond motifs is 6. The van der Waals surface area contributed by atoms with Crippen molar-refractivity contribution in [3.05, 3.63) is 273 Å². The number of para-hydroxylation sites is 4. The highest BCUT2D eigenvalue weighted by Crippen LogP contribution is 2.46. The molecule has 13 rings (SSSR count). The lowest BCUT2D eigenvalue weighted by Crippen LogP contribution is -2.12. The summed E-state index contributed by atoms with van der Waals surface area (Å²) in [6.45, 7) is 0. The van der Waals surface area contributed by atoms with Gasteiger partial charge in [-0.2, -0.15) is 0 Å². The van der Waals surface area contributed by atoms with E-state index in [-0.39, 0.29) is 0 Å². The topological polar surface area (TPSA) is 22.9 Å². The van der Waals surface area contributed by atoms with E-state index in [9.17, 15) is 0 Å². The molecule has 0 spiro atoms. The molecule has 0 aliphatic carbocycles. The van der Waals surface area contributed by atoms with Gasteiger partial charge in [0.25, 0.3) is 0 Å². The molecule has 2 heterocycles. The van der Waals surface area contributed by atoms with Crippen LogP contribution in [0.3, 0.4) is 0 Å². The third kappa shape index (κ3) is 7.94. The van der Waals surface area contributed by atoms with E-state index in [2.05, 4.69) is 276 Å². The lowest BCUT2D eigenvalue weighted by atomic mass is 9.97. The molecule has 11 aromatic carbocycles. The number of rotatable bonds is 11. The normalized spacial score (nSPS) is 11.4. The van der Waals surface area contributed by atoms with Gasteiger partial charge in [-0.25, -0.2) is 0 Å². The average Bonchev–Trinajstić information content (AvgIpc) is 4.00. The molecule has 0 aliphatic rings. The number of nitrogens with zero attached hydrogens (tertiary/aromatic N) is 3. The Morgan fingerprint density at radius 1 is 0.225 bits per heavy atom. The monoisotopic (exact) mass is 927 g/mol. The number of thiophene rings is 1. The van der Waals surface area contributed by atoms with Gasteiger partial charge in [-0.3, -0.25) is 0 Å². The molecule has 4 nitrogen and oxygen atoms in total. The predicted molar refractivity (Wildman–Crippen MR) is 302 cm³/mol. The molecule has 0 amide bonds. The minimum Gasteiger partial charge on any atom is -0.456 e. The largest absolute Gasteiger partial charge is 0.456 e. The second kappa shape index (κ2) is 18.1. The third-order valence-electron chi connectivity index (χ3n) is 13.4. The Balaban J connectivity index is 0.937. The van der Waals surface area contributed by atoms with Gasteiger partial charge >= 0.3 is 0 Å². The Labute approximate surface area is 416 Å². The highest BCUT2D eigenvalue weighted by molar-refractivity contribution is 7.25. The second-order valence-corrected chi connectivity index (χ2v) is 18.9. The molecular weight excluding hydrogens is 883 g/mol. The van der Waals surface area contributed by atoms with Gasteiger partial charge in [0.15, 0.2) is 0 Å². The number of hydrogen-bond donors (Lipinski definition) is 0. The van der Waals surface area contributed by atoms with Crippen molar-refractivity contribution >= 4 is 105 Å². The van der Waals surface area contributed by atoms with E-state index in [4.69, 9.17) is 4.42 Å². The van der Waals surface area contributed by atoms with Crippen LogP contribution in [-0.4, -0.2) is 0 Å². The molecule has 0 atom stereocenters. The molecule has 0 radical (unpaired) electrons. The third-order valence-corrected chi connectivity index (χ3v) is 14.5. The summed E-state index contributed by atoms with van der Waals surface area (Å²) < 4.78 is 8.77. The number of hydrogen-bond acceptors (Lipinski definition) is 5. The molecule has 0 fully saturated rings. The lowest BCUT2D eigenvalue weighted by molar-refractivity contribution is 0.669. The van der Waals surface area contributed by atoms with Crippen molar-refractivity contribution in [3.8, 4) is 22.3 Å². The van der Waals surface area contributed by atoms with E-state index in [1.54, 1.807) is 0 Å². The van der Waals surface area contributed by atoms with Crippen molar-refractivity contribution in [1.82, 2.24) is 0 Å². The summed E-state index contributed by atoms with van der Waals surface area (Å²) in [5.74, 6) is 0. The van der Waals surface area contributed by atoms with Crippen LogP contribution in [0.5, 0.6) is 0 Å². The highest BCUT2D eigenvalue weighted by Gasteiger charge is 2.21. The van der Waals surface area contributed by atoms with Gasteiger partial charge in [-0.1, -0.05) is 146 Å². The maximum absolute atomic E-state index is 6.33. The zero-order valence-electron chi connectivity index (χ0n) is 38.6. The van der Waals surface area contributed by atoms with Crippen molar-refractivity contribution in [2.45, 2.75) is 0 Å². The Kier molecular flexibility index (Phi) is 10.7. The number of benzene rings is 11. The van der Waals surface area contributed by atoms with Crippen LogP contribution in [0.2, 0.25) is 0 Å². The highest BCUT2D eigenvalue weighted by atomic mass is 32.1. The first-order valence-electron chi connectivity index (χ1n) is 24.0. The maximum Gasteiger partial charge on any atom is 0.135 e. The molecule has 0 aliphatic heterocycles. The summed E-state index contributed by atoms with van der Waals surface area (Å²) in [7, 11) is 0. The van der Waals surface area contributed by atoms with Crippen LogP contribution in [0.4, 0.5) is 51.2 Å². The van der Waals surface area contributed by atoms with Crippen molar-refractivity contribution < 1.29 is 4.42 Å². The van der Waals surface area contributed by atoms with E-state index in [0.29, 0.717) is 0 Å². The molecular formula is C66H45N3OS. The van der Waals surface area contributed by atoms with Gasteiger partial charge < -0.3 is 19.1 Å². The zero-order chi connectivity index (χ0) is 47.1. The Morgan fingerprint density at radius 2 is 0.592 bits per heavy atom. The lowest BCUT2D eigenvalue weighted by Gasteiger charge is -2.28. The summed E-state index contributed by atoms with van der Waals surface area (Å²) in [5, 5.41) is 4.66. The van der Waals surface area contributed by atoms with E-state index in [0.717, 1.165) is 73.1 Å². The Bertz CT molecular complexity index is 3890. The van der Waals surface area contributed by atoms with Crippen LogP contribution in [0.25, 0.3) is 64.4 Å². The summed E-state index contributed by atoms with van der Waals surface area (Å²) in [5.41, 5.74) is 16.2. The summed E-state index contributed by atoms with van der Waals surface area (Å²) in [4.78, 5) is 7.07. The minimum absolute atomic E-state index is 0.870. The van der Waals surface area contributed by atoms with Crippen LogP contribution < -0.4 is 14.7 Å². The fourth-order valence-electron chi connectivity index (χ4n) is 10.0. The zero-order valence-corrected chi connectivity index (χ0v) is 39.5. The molecule has 0 saturated heterocycles. The quantitative estimate of drug-likeness (QED) is 0.129.